The molecule has 1 aromatic rings. The van der Waals surface area contributed by atoms with Crippen molar-refractivity contribution in [2.24, 2.45) is 5.92 Å². The molecule has 1 amide bonds. The molecule has 0 bridgehead atoms. The van der Waals surface area contributed by atoms with Gasteiger partial charge in [0.15, 0.2) is 0 Å². The Kier molecular flexibility index (Phi) is 7.18. The SMILES string of the molecule is CCOC(=O)c1ccnc(NC(=O)CCCC2CCN(C)CC2)c1. The first-order valence-electron chi connectivity index (χ1n) is 8.70. The Hall–Kier alpha value is -1.95. The summed E-state index contributed by atoms with van der Waals surface area (Å²) >= 11 is 0. The van der Waals surface area contributed by atoms with Crippen LogP contribution < -0.4 is 5.32 Å². The Morgan fingerprint density at radius 2 is 2.12 bits per heavy atom. The highest BCUT2D eigenvalue weighted by Gasteiger charge is 2.16. The largest absolute Gasteiger partial charge is 0.462 e. The molecule has 1 aromatic heterocycles. The fraction of sp³-hybridized carbons (Fsp3) is 0.611. The fourth-order valence-electron chi connectivity index (χ4n) is 2.95. The zero-order chi connectivity index (χ0) is 17.4. The molecule has 2 rings (SSSR count). The molecule has 1 aliphatic rings. The lowest BCUT2D eigenvalue weighted by Crippen LogP contribution is -2.30. The van der Waals surface area contributed by atoms with Crippen molar-refractivity contribution >= 4 is 17.7 Å². The van der Waals surface area contributed by atoms with Crippen LogP contribution in [-0.2, 0) is 9.53 Å². The van der Waals surface area contributed by atoms with Gasteiger partial charge in [-0.3, -0.25) is 4.79 Å². The van der Waals surface area contributed by atoms with E-state index >= 15 is 0 Å². The molecule has 0 spiro atoms. The van der Waals surface area contributed by atoms with E-state index in [1.807, 2.05) is 0 Å². The fourth-order valence-corrected chi connectivity index (χ4v) is 2.95. The van der Waals surface area contributed by atoms with E-state index in [9.17, 15) is 9.59 Å². The Labute approximate surface area is 143 Å². The summed E-state index contributed by atoms with van der Waals surface area (Å²) in [4.78, 5) is 30.2. The van der Waals surface area contributed by atoms with Gasteiger partial charge in [-0.05, 0) is 70.8 Å². The molecule has 132 valence electrons. The van der Waals surface area contributed by atoms with E-state index in [0.29, 0.717) is 24.4 Å². The molecule has 0 saturated carbocycles. The van der Waals surface area contributed by atoms with E-state index in [2.05, 4.69) is 22.2 Å². The van der Waals surface area contributed by atoms with Crippen LogP contribution in [0.4, 0.5) is 5.82 Å². The summed E-state index contributed by atoms with van der Waals surface area (Å²) < 4.78 is 4.94. The molecule has 1 aliphatic heterocycles. The lowest BCUT2D eigenvalue weighted by Gasteiger charge is -2.28. The van der Waals surface area contributed by atoms with E-state index < -0.39 is 5.97 Å². The van der Waals surface area contributed by atoms with Crippen molar-refractivity contribution in [1.29, 1.82) is 0 Å². The summed E-state index contributed by atoms with van der Waals surface area (Å²) in [5, 5.41) is 2.76. The van der Waals surface area contributed by atoms with Crippen LogP contribution in [0.2, 0.25) is 0 Å². The Balaban J connectivity index is 1.74. The summed E-state index contributed by atoms with van der Waals surface area (Å²) in [6, 6.07) is 3.13. The van der Waals surface area contributed by atoms with Crippen molar-refractivity contribution in [2.75, 3.05) is 32.1 Å². The second-order valence-corrected chi connectivity index (χ2v) is 6.34. The van der Waals surface area contributed by atoms with Crippen LogP contribution in [0.5, 0.6) is 0 Å². The smallest absolute Gasteiger partial charge is 0.338 e. The van der Waals surface area contributed by atoms with Crippen LogP contribution in [0.1, 0.15) is 49.4 Å². The number of aromatic nitrogens is 1. The normalized spacial score (nSPS) is 15.9. The number of piperidine rings is 1. The number of amides is 1. The maximum Gasteiger partial charge on any atom is 0.338 e. The highest BCUT2D eigenvalue weighted by Crippen LogP contribution is 2.21. The zero-order valence-electron chi connectivity index (χ0n) is 14.6. The minimum absolute atomic E-state index is 0.0589. The molecule has 6 nitrogen and oxygen atoms in total. The van der Waals surface area contributed by atoms with Crippen LogP contribution >= 0.6 is 0 Å². The molecule has 1 fully saturated rings. The van der Waals surface area contributed by atoms with Gasteiger partial charge in [-0.15, -0.1) is 0 Å². The first-order chi connectivity index (χ1) is 11.6. The van der Waals surface area contributed by atoms with Gasteiger partial charge < -0.3 is 15.0 Å². The Morgan fingerprint density at radius 3 is 2.83 bits per heavy atom. The average Bonchev–Trinajstić information content (AvgIpc) is 2.57. The molecule has 0 aliphatic carbocycles. The maximum atomic E-state index is 12.0. The number of hydrogen-bond acceptors (Lipinski definition) is 5. The molecule has 0 unspecified atom stereocenters. The molecular weight excluding hydrogens is 306 g/mol. The summed E-state index contributed by atoms with van der Waals surface area (Å²) in [5.41, 5.74) is 0.397. The number of anilines is 1. The summed E-state index contributed by atoms with van der Waals surface area (Å²) in [6.07, 6.45) is 6.41. The Morgan fingerprint density at radius 1 is 1.38 bits per heavy atom. The highest BCUT2D eigenvalue weighted by molar-refractivity contribution is 5.93. The third-order valence-electron chi connectivity index (χ3n) is 4.39. The number of hydrogen-bond donors (Lipinski definition) is 1. The monoisotopic (exact) mass is 333 g/mol. The van der Waals surface area contributed by atoms with E-state index in [0.717, 1.165) is 31.8 Å². The molecule has 1 N–H and O–H groups in total. The lowest BCUT2D eigenvalue weighted by atomic mass is 9.92. The van der Waals surface area contributed by atoms with E-state index in [-0.39, 0.29) is 5.91 Å². The second kappa shape index (κ2) is 9.37. The van der Waals surface area contributed by atoms with Crippen molar-refractivity contribution in [3.8, 4) is 0 Å². The number of ether oxygens (including phenoxy) is 1. The minimum atomic E-state index is -0.405. The number of likely N-dealkylation sites (tertiary alicyclic amines) is 1. The van der Waals surface area contributed by atoms with E-state index in [1.165, 1.54) is 19.0 Å². The molecular formula is C18H27N3O3. The number of pyridine rings is 1. The third kappa shape index (κ3) is 5.92. The maximum absolute atomic E-state index is 12.0. The molecule has 2 heterocycles. The Bertz CT molecular complexity index is 554. The van der Waals surface area contributed by atoms with Gasteiger partial charge in [0, 0.05) is 12.6 Å². The van der Waals surface area contributed by atoms with Gasteiger partial charge in [0.1, 0.15) is 5.82 Å². The van der Waals surface area contributed by atoms with Gasteiger partial charge in [-0.25, -0.2) is 9.78 Å². The summed E-state index contributed by atoms with van der Waals surface area (Å²) in [6.45, 7) is 4.38. The summed E-state index contributed by atoms with van der Waals surface area (Å²) in [7, 11) is 2.15. The highest BCUT2D eigenvalue weighted by atomic mass is 16.5. The van der Waals surface area contributed by atoms with Gasteiger partial charge in [0.2, 0.25) is 5.91 Å². The number of carbonyl (C=O) groups excluding carboxylic acids is 2. The third-order valence-corrected chi connectivity index (χ3v) is 4.39. The van der Waals surface area contributed by atoms with Crippen LogP contribution in [0.15, 0.2) is 18.3 Å². The molecule has 0 atom stereocenters. The first-order valence-corrected chi connectivity index (χ1v) is 8.70. The predicted octanol–water partition coefficient (Wildman–Crippen LogP) is 2.71. The van der Waals surface area contributed by atoms with Gasteiger partial charge in [-0.1, -0.05) is 0 Å². The van der Waals surface area contributed by atoms with E-state index in [1.54, 1.807) is 19.1 Å². The topological polar surface area (TPSA) is 71.5 Å². The predicted molar refractivity (Wildman–Crippen MR) is 92.9 cm³/mol. The molecule has 0 radical (unpaired) electrons. The van der Waals surface area contributed by atoms with Crippen LogP contribution in [0.3, 0.4) is 0 Å². The number of nitrogens with zero attached hydrogens (tertiary/aromatic N) is 2. The number of rotatable bonds is 7. The summed E-state index contributed by atoms with van der Waals surface area (Å²) in [5.74, 6) is 0.665. The zero-order valence-corrected chi connectivity index (χ0v) is 14.6. The standard InChI is InChI=1S/C18H27N3O3/c1-3-24-18(23)15-7-10-19-16(13-15)20-17(22)6-4-5-14-8-11-21(2)12-9-14/h7,10,13-14H,3-6,8-9,11-12H2,1-2H3,(H,19,20,22). The van der Waals surface area contributed by atoms with Gasteiger partial charge in [-0.2, -0.15) is 0 Å². The average molecular weight is 333 g/mol. The van der Waals surface area contributed by atoms with Crippen molar-refractivity contribution in [1.82, 2.24) is 9.88 Å². The number of nitrogens with one attached hydrogen (secondary N) is 1. The molecule has 1 saturated heterocycles. The molecule has 6 heteroatoms. The van der Waals surface area contributed by atoms with Gasteiger partial charge in [0.05, 0.1) is 12.2 Å². The minimum Gasteiger partial charge on any atom is -0.462 e. The van der Waals surface area contributed by atoms with Crippen molar-refractivity contribution in [3.63, 3.8) is 0 Å². The van der Waals surface area contributed by atoms with Crippen LogP contribution in [0.25, 0.3) is 0 Å². The number of esters is 1. The lowest BCUT2D eigenvalue weighted by molar-refractivity contribution is -0.116. The van der Waals surface area contributed by atoms with E-state index in [4.69, 9.17) is 4.74 Å². The van der Waals surface area contributed by atoms with Gasteiger partial charge >= 0.3 is 5.97 Å². The number of carbonyl (C=O) groups is 2. The van der Waals surface area contributed by atoms with Crippen molar-refractivity contribution < 1.29 is 14.3 Å². The quantitative estimate of drug-likeness (QED) is 0.777. The van der Waals surface area contributed by atoms with Crippen LogP contribution in [-0.4, -0.2) is 48.5 Å². The molecule has 24 heavy (non-hydrogen) atoms. The van der Waals surface area contributed by atoms with Crippen molar-refractivity contribution in [3.05, 3.63) is 23.9 Å². The van der Waals surface area contributed by atoms with Crippen LogP contribution in [0, 0.1) is 5.92 Å². The molecule has 0 aromatic carbocycles. The van der Waals surface area contributed by atoms with Crippen molar-refractivity contribution in [2.45, 2.75) is 39.0 Å². The first kappa shape index (κ1) is 18.4. The second-order valence-electron chi connectivity index (χ2n) is 6.34. The van der Waals surface area contributed by atoms with Gasteiger partial charge in [0.25, 0.3) is 0 Å².